The minimum atomic E-state index is -0.440. The minimum Gasteiger partial charge on any atom is -0.497 e. The van der Waals surface area contributed by atoms with Crippen LogP contribution in [0, 0.1) is 0 Å². The number of furan rings is 1. The molecular formula is C25H24N4O3S. The Balaban J connectivity index is 1.52. The Kier molecular flexibility index (Phi) is 6.17. The summed E-state index contributed by atoms with van der Waals surface area (Å²) in [4.78, 5) is 13.2. The van der Waals surface area contributed by atoms with E-state index in [9.17, 15) is 4.79 Å². The first-order valence-electron chi connectivity index (χ1n) is 10.8. The van der Waals surface area contributed by atoms with E-state index in [4.69, 9.17) is 9.15 Å². The molecule has 2 aromatic heterocycles. The van der Waals surface area contributed by atoms with Gasteiger partial charge in [-0.3, -0.25) is 9.36 Å². The van der Waals surface area contributed by atoms with Crippen LogP contribution in [0.3, 0.4) is 0 Å². The second-order valence-electron chi connectivity index (χ2n) is 7.90. The first-order valence-corrected chi connectivity index (χ1v) is 11.7. The quantitative estimate of drug-likeness (QED) is 0.365. The Labute approximate surface area is 196 Å². The van der Waals surface area contributed by atoms with Crippen molar-refractivity contribution in [3.63, 3.8) is 0 Å². The topological polar surface area (TPSA) is 82.2 Å². The highest BCUT2D eigenvalue weighted by Gasteiger charge is 2.31. The molecular weight excluding hydrogens is 436 g/mol. The summed E-state index contributed by atoms with van der Waals surface area (Å²) >= 11 is 1.40. The molecule has 2 heterocycles. The summed E-state index contributed by atoms with van der Waals surface area (Å²) in [5.74, 6) is 2.19. The number of aromatic nitrogens is 3. The summed E-state index contributed by atoms with van der Waals surface area (Å²) in [5, 5.41) is 12.3. The number of benzene rings is 2. The number of hydrogen-bond donors (Lipinski definition) is 1. The lowest BCUT2D eigenvalue weighted by atomic mass is 10.1. The maximum atomic E-state index is 13.2. The van der Waals surface area contributed by atoms with Gasteiger partial charge in [-0.25, -0.2) is 0 Å². The van der Waals surface area contributed by atoms with Gasteiger partial charge in [-0.1, -0.05) is 54.2 Å². The number of carbonyl (C=O) groups is 1. The van der Waals surface area contributed by atoms with Gasteiger partial charge in [0.1, 0.15) is 16.8 Å². The van der Waals surface area contributed by atoms with E-state index in [0.717, 1.165) is 35.5 Å². The van der Waals surface area contributed by atoms with Crippen LogP contribution in [0.15, 0.2) is 82.6 Å². The van der Waals surface area contributed by atoms with Gasteiger partial charge in [-0.05, 0) is 42.7 Å². The lowest BCUT2D eigenvalue weighted by Crippen LogP contribution is -2.30. The summed E-state index contributed by atoms with van der Waals surface area (Å²) in [6, 6.07) is 21.5. The predicted octanol–water partition coefficient (Wildman–Crippen LogP) is 4.71. The highest BCUT2D eigenvalue weighted by molar-refractivity contribution is 8.00. The van der Waals surface area contributed by atoms with E-state index in [1.54, 1.807) is 13.4 Å². The normalized spacial score (nSPS) is 14.1. The minimum absolute atomic E-state index is 0.0100. The number of hydrogen-bond acceptors (Lipinski definition) is 6. The third kappa shape index (κ3) is 4.96. The van der Waals surface area contributed by atoms with E-state index in [1.165, 1.54) is 11.8 Å². The van der Waals surface area contributed by atoms with Gasteiger partial charge in [0.05, 0.1) is 19.9 Å². The molecule has 1 saturated carbocycles. The van der Waals surface area contributed by atoms with Crippen LogP contribution < -0.4 is 10.1 Å². The number of rotatable bonds is 9. The molecule has 0 radical (unpaired) electrons. The van der Waals surface area contributed by atoms with Gasteiger partial charge in [-0.2, -0.15) is 0 Å². The lowest BCUT2D eigenvalue weighted by molar-refractivity contribution is -0.120. The maximum absolute atomic E-state index is 13.2. The Morgan fingerprint density at radius 2 is 2.00 bits per heavy atom. The van der Waals surface area contributed by atoms with Gasteiger partial charge in [0, 0.05) is 11.6 Å². The Bertz CT molecular complexity index is 1220. The Morgan fingerprint density at radius 3 is 2.73 bits per heavy atom. The van der Waals surface area contributed by atoms with Crippen LogP contribution >= 0.6 is 11.8 Å². The van der Waals surface area contributed by atoms with Crippen molar-refractivity contribution >= 4 is 17.7 Å². The molecule has 33 heavy (non-hydrogen) atoms. The van der Waals surface area contributed by atoms with Crippen molar-refractivity contribution in [3.8, 4) is 17.1 Å². The van der Waals surface area contributed by atoms with Gasteiger partial charge in [0.2, 0.25) is 5.91 Å². The molecule has 1 fully saturated rings. The van der Waals surface area contributed by atoms with Crippen LogP contribution in [-0.2, 0) is 11.3 Å². The van der Waals surface area contributed by atoms with E-state index in [0.29, 0.717) is 17.5 Å². The first-order chi connectivity index (χ1) is 16.2. The van der Waals surface area contributed by atoms with Gasteiger partial charge < -0.3 is 14.5 Å². The summed E-state index contributed by atoms with van der Waals surface area (Å²) < 4.78 is 13.0. The molecule has 0 aliphatic heterocycles. The monoisotopic (exact) mass is 460 g/mol. The van der Waals surface area contributed by atoms with Crippen molar-refractivity contribution in [2.75, 3.05) is 7.11 Å². The molecule has 1 aliphatic rings. The third-order valence-electron chi connectivity index (χ3n) is 5.43. The van der Waals surface area contributed by atoms with E-state index in [1.807, 2.05) is 71.3 Å². The number of carbonyl (C=O) groups excluding carboxylic acids is 1. The number of thioether (sulfide) groups is 1. The average molecular weight is 461 g/mol. The van der Waals surface area contributed by atoms with E-state index in [-0.39, 0.29) is 11.9 Å². The molecule has 2 aromatic carbocycles. The second kappa shape index (κ2) is 9.54. The maximum Gasteiger partial charge on any atom is 0.238 e. The summed E-state index contributed by atoms with van der Waals surface area (Å²) in [6.45, 7) is 0.445. The lowest BCUT2D eigenvalue weighted by Gasteiger charge is -2.17. The number of methoxy groups -OCH3 is 1. The first kappa shape index (κ1) is 21.3. The molecule has 4 aromatic rings. The largest absolute Gasteiger partial charge is 0.497 e. The van der Waals surface area contributed by atoms with Crippen molar-refractivity contribution in [2.45, 2.75) is 35.8 Å². The van der Waals surface area contributed by atoms with Crippen LogP contribution in [0.5, 0.6) is 5.75 Å². The smallest absolute Gasteiger partial charge is 0.238 e. The molecule has 1 atom stereocenters. The van der Waals surface area contributed by atoms with E-state index < -0.39 is 5.25 Å². The van der Waals surface area contributed by atoms with Gasteiger partial charge in [0.15, 0.2) is 11.0 Å². The molecule has 0 spiro atoms. The summed E-state index contributed by atoms with van der Waals surface area (Å²) in [6.07, 6.45) is 3.72. The van der Waals surface area contributed by atoms with E-state index in [2.05, 4.69) is 15.5 Å². The second-order valence-corrected chi connectivity index (χ2v) is 8.97. The summed E-state index contributed by atoms with van der Waals surface area (Å²) in [7, 11) is 1.64. The molecule has 0 saturated heterocycles. The Hall–Kier alpha value is -3.52. The van der Waals surface area contributed by atoms with Crippen molar-refractivity contribution in [3.05, 3.63) is 84.3 Å². The van der Waals surface area contributed by atoms with Crippen molar-refractivity contribution in [1.29, 1.82) is 0 Å². The highest BCUT2D eigenvalue weighted by atomic mass is 32.2. The van der Waals surface area contributed by atoms with Gasteiger partial charge in [0.25, 0.3) is 0 Å². The fourth-order valence-corrected chi connectivity index (χ4v) is 4.61. The van der Waals surface area contributed by atoms with Gasteiger partial charge >= 0.3 is 0 Å². The third-order valence-corrected chi connectivity index (χ3v) is 6.66. The standard InChI is InChI=1S/C25H24N4O3S/c1-31-20-10-5-9-18(15-20)23-27-28-25(29(23)16-21-11-6-14-32-21)33-22(17-7-3-2-4-8-17)24(30)26-19-12-13-19/h2-11,14-15,19,22H,12-13,16H2,1H3,(H,26,30)/t22-/m1/s1. The molecule has 8 heteroatoms. The van der Waals surface area contributed by atoms with Crippen LogP contribution in [0.1, 0.15) is 29.4 Å². The average Bonchev–Trinajstić information content (AvgIpc) is 3.35. The van der Waals surface area contributed by atoms with Crippen LogP contribution in [-0.4, -0.2) is 33.8 Å². The fourth-order valence-electron chi connectivity index (χ4n) is 3.56. The van der Waals surface area contributed by atoms with Crippen molar-refractivity contribution in [2.24, 2.45) is 0 Å². The SMILES string of the molecule is COc1cccc(-c2nnc(S[C@@H](C(=O)NC3CC3)c3ccccc3)n2Cc2ccco2)c1. The number of amides is 1. The molecule has 1 N–H and O–H groups in total. The number of nitrogens with one attached hydrogen (secondary N) is 1. The molecule has 5 rings (SSSR count). The molecule has 7 nitrogen and oxygen atoms in total. The number of nitrogens with zero attached hydrogens (tertiary/aromatic N) is 3. The zero-order valence-corrected chi connectivity index (χ0v) is 19.0. The molecule has 1 aliphatic carbocycles. The van der Waals surface area contributed by atoms with Crippen LogP contribution in [0.25, 0.3) is 11.4 Å². The fraction of sp³-hybridized carbons (Fsp3) is 0.240. The summed E-state index contributed by atoms with van der Waals surface area (Å²) in [5.41, 5.74) is 1.80. The highest BCUT2D eigenvalue weighted by Crippen LogP contribution is 2.37. The van der Waals surface area contributed by atoms with E-state index >= 15 is 0 Å². The van der Waals surface area contributed by atoms with Gasteiger partial charge in [-0.15, -0.1) is 10.2 Å². The molecule has 0 bridgehead atoms. The molecule has 0 unspecified atom stereocenters. The zero-order chi connectivity index (χ0) is 22.6. The zero-order valence-electron chi connectivity index (χ0n) is 18.2. The van der Waals surface area contributed by atoms with Crippen molar-refractivity contribution < 1.29 is 13.9 Å². The Morgan fingerprint density at radius 1 is 1.15 bits per heavy atom. The van der Waals surface area contributed by atoms with Crippen molar-refractivity contribution in [1.82, 2.24) is 20.1 Å². The predicted molar refractivity (Wildman–Crippen MR) is 126 cm³/mol. The molecule has 168 valence electrons. The molecule has 1 amide bonds. The number of ether oxygens (including phenoxy) is 1. The van der Waals surface area contributed by atoms with Crippen LogP contribution in [0.4, 0.5) is 0 Å². The van der Waals surface area contributed by atoms with Crippen LogP contribution in [0.2, 0.25) is 0 Å².